The summed E-state index contributed by atoms with van der Waals surface area (Å²) >= 11 is 17.6. The van der Waals surface area contributed by atoms with Crippen molar-refractivity contribution in [2.75, 3.05) is 55.6 Å². The van der Waals surface area contributed by atoms with Crippen LogP contribution in [0.3, 0.4) is 0 Å². The molecule has 2 aromatic heterocycles. The number of ether oxygens (including phenoxy) is 5. The summed E-state index contributed by atoms with van der Waals surface area (Å²) in [5.41, 5.74) is 2.65. The predicted molar refractivity (Wildman–Crippen MR) is 184 cm³/mol. The maximum absolute atomic E-state index is 11.7. The third-order valence-corrected chi connectivity index (χ3v) is 8.72. The molecule has 1 N–H and O–H groups in total. The molecule has 0 aliphatic carbocycles. The van der Waals surface area contributed by atoms with Crippen LogP contribution in [0.1, 0.15) is 12.8 Å². The number of nitrogens with zero attached hydrogens (tertiary/aromatic N) is 6. The molecule has 2 aliphatic rings. The molecule has 17 heteroatoms. The number of benzene rings is 2. The zero-order chi connectivity index (χ0) is 35.8. The van der Waals surface area contributed by atoms with Gasteiger partial charge in [-0.15, -0.1) is 0 Å². The van der Waals surface area contributed by atoms with Gasteiger partial charge in [0.15, 0.2) is 15.5 Å². The van der Waals surface area contributed by atoms with Gasteiger partial charge in [0.2, 0.25) is 0 Å². The molecule has 0 unspecified atom stereocenters. The standard InChI is InChI=1S/C16H18ClN3O4.C9H6Cl2N2O.C7H13NO3/c1-20-8-10(7-13(20)16(21)23-3)24-15-14(17)18-11-5-4-9(22-2)6-12(11)19-15;1-14-5-2-3-6-7(4-5)13-9(11)8(10)12-6;1-8-4-5(9)3-6(8)7(10)11-2/h4-6,10,13H,7-8H2,1-3H3;2-4H,1H3;5-6,9H,3-4H2,1-2H3/t10-,13+;;5-,6+/m1.1/s1. The zero-order valence-corrected chi connectivity index (χ0v) is 30.0. The number of carbonyl (C=O) groups is 2. The van der Waals surface area contributed by atoms with Gasteiger partial charge >= 0.3 is 11.9 Å². The SMILES string of the molecule is COC(=O)[C@@H]1C[C@@H](O)CN1C.COC(=O)[C@@H]1C[C@@H](Oc2nc3cc(OC)ccc3nc2Cl)CN1C.COc1ccc2nc(Cl)c(Cl)nc2c1. The molecule has 0 spiro atoms. The van der Waals surface area contributed by atoms with Gasteiger partial charge in [-0.05, 0) is 38.4 Å². The topological polar surface area (TPSA) is 159 Å². The van der Waals surface area contributed by atoms with Gasteiger partial charge in [0.05, 0.1) is 56.6 Å². The van der Waals surface area contributed by atoms with E-state index in [2.05, 4.69) is 24.7 Å². The van der Waals surface area contributed by atoms with Crippen molar-refractivity contribution in [2.45, 2.75) is 37.1 Å². The summed E-state index contributed by atoms with van der Waals surface area (Å²) in [6.07, 6.45) is 0.401. The molecular formula is C32H37Cl3N6O8. The van der Waals surface area contributed by atoms with Crippen molar-refractivity contribution in [2.24, 2.45) is 0 Å². The van der Waals surface area contributed by atoms with E-state index in [4.69, 9.17) is 58.9 Å². The Balaban J connectivity index is 0.000000183. The Kier molecular flexibility index (Phi) is 13.4. The summed E-state index contributed by atoms with van der Waals surface area (Å²) < 4.78 is 25.5. The second-order valence-corrected chi connectivity index (χ2v) is 12.2. The van der Waals surface area contributed by atoms with Crippen molar-refractivity contribution in [3.63, 3.8) is 0 Å². The molecule has 0 radical (unpaired) electrons. The summed E-state index contributed by atoms with van der Waals surface area (Å²) in [6, 6.07) is 10.1. The van der Waals surface area contributed by atoms with Gasteiger partial charge in [0, 0.05) is 38.1 Å². The van der Waals surface area contributed by atoms with Crippen molar-refractivity contribution < 1.29 is 38.4 Å². The molecule has 2 fully saturated rings. The van der Waals surface area contributed by atoms with E-state index in [1.54, 1.807) is 62.6 Å². The Hall–Kier alpha value is -3.79. The highest BCUT2D eigenvalue weighted by Gasteiger charge is 2.37. The van der Waals surface area contributed by atoms with E-state index in [1.165, 1.54) is 14.2 Å². The first-order chi connectivity index (χ1) is 23.4. The van der Waals surface area contributed by atoms with Gasteiger partial charge in [0.25, 0.3) is 5.88 Å². The van der Waals surface area contributed by atoms with Crippen LogP contribution >= 0.6 is 34.8 Å². The molecule has 6 rings (SSSR count). The molecule has 4 aromatic rings. The smallest absolute Gasteiger partial charge is 0.323 e. The van der Waals surface area contributed by atoms with Gasteiger partial charge in [-0.1, -0.05) is 34.8 Å². The van der Waals surface area contributed by atoms with Crippen LogP contribution in [0.2, 0.25) is 15.5 Å². The van der Waals surface area contributed by atoms with E-state index < -0.39 is 0 Å². The van der Waals surface area contributed by atoms with E-state index in [0.29, 0.717) is 59.5 Å². The van der Waals surface area contributed by atoms with E-state index in [0.717, 1.165) is 0 Å². The lowest BCUT2D eigenvalue weighted by atomic mass is 10.2. The number of halogens is 3. The Labute approximate surface area is 298 Å². The first-order valence-corrected chi connectivity index (χ1v) is 16.1. The van der Waals surface area contributed by atoms with Crippen LogP contribution in [0.5, 0.6) is 17.4 Å². The summed E-state index contributed by atoms with van der Waals surface area (Å²) in [4.78, 5) is 43.3. The fourth-order valence-corrected chi connectivity index (χ4v) is 5.75. The number of methoxy groups -OCH3 is 4. The van der Waals surface area contributed by atoms with Crippen LogP contribution in [0.25, 0.3) is 22.1 Å². The number of aliphatic hydroxyl groups is 1. The van der Waals surface area contributed by atoms with E-state index in [1.807, 2.05) is 11.9 Å². The fourth-order valence-electron chi connectivity index (χ4n) is 5.31. The summed E-state index contributed by atoms with van der Waals surface area (Å²) in [5.74, 6) is 1.11. The molecule has 0 bridgehead atoms. The van der Waals surface area contributed by atoms with Gasteiger partial charge in [-0.25, -0.2) is 19.9 Å². The number of likely N-dealkylation sites (N-methyl/N-ethyl adjacent to an activating group) is 2. The minimum Gasteiger partial charge on any atom is -0.497 e. The number of esters is 2. The molecule has 4 heterocycles. The number of fused-ring (bicyclic) bond motifs is 2. The van der Waals surface area contributed by atoms with Gasteiger partial charge in [-0.2, -0.15) is 0 Å². The molecule has 2 aliphatic heterocycles. The number of carbonyl (C=O) groups excluding carboxylic acids is 2. The minimum atomic E-state index is -0.385. The van der Waals surface area contributed by atoms with Crippen molar-refractivity contribution in [3.05, 3.63) is 51.9 Å². The molecular weight excluding hydrogens is 703 g/mol. The molecule has 14 nitrogen and oxygen atoms in total. The van der Waals surface area contributed by atoms with E-state index >= 15 is 0 Å². The van der Waals surface area contributed by atoms with Crippen LogP contribution in [-0.2, 0) is 19.1 Å². The third kappa shape index (κ3) is 9.68. The normalized spacial score (nSPS) is 20.5. The highest BCUT2D eigenvalue weighted by atomic mass is 35.5. The molecule has 0 amide bonds. The number of hydrogen-bond donors (Lipinski definition) is 1. The van der Waals surface area contributed by atoms with Crippen LogP contribution in [-0.4, -0.2) is 127 Å². The first kappa shape index (κ1) is 38.0. The van der Waals surface area contributed by atoms with Crippen molar-refractivity contribution in [1.82, 2.24) is 29.7 Å². The molecule has 4 atom stereocenters. The lowest BCUT2D eigenvalue weighted by molar-refractivity contribution is -0.146. The quantitative estimate of drug-likeness (QED) is 0.282. The number of aliphatic hydroxyl groups excluding tert-OH is 1. The molecule has 49 heavy (non-hydrogen) atoms. The molecule has 0 saturated carbocycles. The highest BCUT2D eigenvalue weighted by molar-refractivity contribution is 6.40. The molecule has 2 saturated heterocycles. The number of hydrogen-bond acceptors (Lipinski definition) is 14. The van der Waals surface area contributed by atoms with Crippen molar-refractivity contribution >= 4 is 68.8 Å². The third-order valence-electron chi connectivity index (χ3n) is 7.85. The minimum absolute atomic E-state index is 0.192. The largest absolute Gasteiger partial charge is 0.497 e. The summed E-state index contributed by atoms with van der Waals surface area (Å²) in [5, 5.41) is 9.77. The maximum Gasteiger partial charge on any atom is 0.323 e. The van der Waals surface area contributed by atoms with Crippen molar-refractivity contribution in [3.8, 4) is 17.4 Å². The van der Waals surface area contributed by atoms with Gasteiger partial charge in [0.1, 0.15) is 29.7 Å². The van der Waals surface area contributed by atoms with Crippen LogP contribution in [0.15, 0.2) is 36.4 Å². The van der Waals surface area contributed by atoms with Crippen molar-refractivity contribution in [1.29, 1.82) is 0 Å². The number of likely N-dealkylation sites (tertiary alicyclic amines) is 2. The van der Waals surface area contributed by atoms with E-state index in [-0.39, 0.29) is 57.6 Å². The van der Waals surface area contributed by atoms with Crippen LogP contribution in [0.4, 0.5) is 0 Å². The van der Waals surface area contributed by atoms with Gasteiger partial charge < -0.3 is 28.8 Å². The lowest BCUT2D eigenvalue weighted by Gasteiger charge is -2.15. The number of β-amino-alcohol motifs (C(OH)–C–C–N with tert-alkyl or cyclic N) is 1. The highest BCUT2D eigenvalue weighted by Crippen LogP contribution is 2.29. The van der Waals surface area contributed by atoms with Gasteiger partial charge in [-0.3, -0.25) is 19.4 Å². The Morgan fingerprint density at radius 1 is 0.694 bits per heavy atom. The summed E-state index contributed by atoms with van der Waals surface area (Å²) in [7, 11) is 9.57. The Bertz CT molecular complexity index is 1790. The second kappa shape index (κ2) is 17.2. The first-order valence-electron chi connectivity index (χ1n) is 15.0. The maximum atomic E-state index is 11.7. The number of aromatic nitrogens is 4. The zero-order valence-electron chi connectivity index (χ0n) is 27.7. The Morgan fingerprint density at radius 2 is 1.16 bits per heavy atom. The second-order valence-electron chi connectivity index (χ2n) is 11.2. The van der Waals surface area contributed by atoms with Crippen LogP contribution in [0, 0.1) is 0 Å². The monoisotopic (exact) mass is 738 g/mol. The molecule has 2 aromatic carbocycles. The fraction of sp³-hybridized carbons (Fsp3) is 0.438. The Morgan fingerprint density at radius 3 is 1.65 bits per heavy atom. The lowest BCUT2D eigenvalue weighted by Crippen LogP contribution is -2.33. The van der Waals surface area contributed by atoms with E-state index in [9.17, 15) is 9.59 Å². The average molecular weight is 740 g/mol. The average Bonchev–Trinajstić information content (AvgIpc) is 3.64. The van der Waals surface area contributed by atoms with Crippen LogP contribution < -0.4 is 14.2 Å². The predicted octanol–water partition coefficient (Wildman–Crippen LogP) is 4.09. The summed E-state index contributed by atoms with van der Waals surface area (Å²) in [6.45, 7) is 1.13. The number of rotatable bonds is 6. The molecule has 264 valence electrons.